The molecule has 1 nitrogen and oxygen atoms in total. The number of methoxy groups -OCH3 is 1. The zero-order valence-corrected chi connectivity index (χ0v) is 16.8. The SMILES string of the molecule is C=Cc1ccc(C=CC2CCC(c3ccc(OC)c(CCC)c3)CC2)cc1. The molecule has 0 radical (unpaired) electrons. The molecule has 1 saturated carbocycles. The van der Waals surface area contributed by atoms with Crippen LogP contribution in [0, 0.1) is 5.92 Å². The maximum atomic E-state index is 5.53. The molecule has 0 amide bonds. The van der Waals surface area contributed by atoms with Crippen molar-refractivity contribution in [2.75, 3.05) is 7.11 Å². The van der Waals surface area contributed by atoms with E-state index in [1.165, 1.54) is 47.9 Å². The van der Waals surface area contributed by atoms with Crippen LogP contribution in [0.5, 0.6) is 5.75 Å². The first-order valence-electron chi connectivity index (χ1n) is 10.3. The number of aryl methyl sites for hydroxylation is 1. The molecular weight excluding hydrogens is 328 g/mol. The molecule has 27 heavy (non-hydrogen) atoms. The van der Waals surface area contributed by atoms with Crippen LogP contribution >= 0.6 is 0 Å². The summed E-state index contributed by atoms with van der Waals surface area (Å²) in [5.74, 6) is 2.44. The molecule has 142 valence electrons. The summed E-state index contributed by atoms with van der Waals surface area (Å²) < 4.78 is 5.53. The monoisotopic (exact) mass is 360 g/mol. The van der Waals surface area contributed by atoms with Crippen molar-refractivity contribution in [2.45, 2.75) is 51.4 Å². The lowest BCUT2D eigenvalue weighted by atomic mass is 9.78. The Hall–Kier alpha value is -2.28. The van der Waals surface area contributed by atoms with E-state index < -0.39 is 0 Å². The highest BCUT2D eigenvalue weighted by atomic mass is 16.5. The summed E-state index contributed by atoms with van der Waals surface area (Å²) in [5.41, 5.74) is 5.32. The van der Waals surface area contributed by atoms with E-state index in [1.807, 2.05) is 6.08 Å². The summed E-state index contributed by atoms with van der Waals surface area (Å²) in [6, 6.07) is 15.4. The van der Waals surface area contributed by atoms with Crippen molar-refractivity contribution in [3.05, 3.63) is 77.4 Å². The van der Waals surface area contributed by atoms with Gasteiger partial charge in [0, 0.05) is 0 Å². The van der Waals surface area contributed by atoms with E-state index in [1.54, 1.807) is 7.11 Å². The molecule has 1 fully saturated rings. The summed E-state index contributed by atoms with van der Waals surface area (Å²) in [6.07, 6.45) is 14.0. The van der Waals surface area contributed by atoms with Crippen LogP contribution in [0.3, 0.4) is 0 Å². The third-order valence-corrected chi connectivity index (χ3v) is 5.80. The fourth-order valence-corrected chi connectivity index (χ4v) is 4.15. The van der Waals surface area contributed by atoms with Crippen molar-refractivity contribution in [1.29, 1.82) is 0 Å². The predicted molar refractivity (Wildman–Crippen MR) is 117 cm³/mol. The van der Waals surface area contributed by atoms with Gasteiger partial charge >= 0.3 is 0 Å². The van der Waals surface area contributed by atoms with E-state index in [4.69, 9.17) is 4.74 Å². The molecule has 0 bridgehead atoms. The average molecular weight is 361 g/mol. The van der Waals surface area contributed by atoms with Crippen LogP contribution in [-0.2, 0) is 6.42 Å². The lowest BCUT2D eigenvalue weighted by molar-refractivity contribution is 0.375. The zero-order valence-electron chi connectivity index (χ0n) is 16.8. The van der Waals surface area contributed by atoms with Gasteiger partial charge in [0.1, 0.15) is 5.75 Å². The molecule has 0 heterocycles. The number of benzene rings is 2. The maximum absolute atomic E-state index is 5.53. The van der Waals surface area contributed by atoms with Crippen LogP contribution in [0.4, 0.5) is 0 Å². The molecule has 0 atom stereocenters. The summed E-state index contributed by atoms with van der Waals surface area (Å²) >= 11 is 0. The van der Waals surface area contributed by atoms with Crippen molar-refractivity contribution >= 4 is 12.2 Å². The largest absolute Gasteiger partial charge is 0.496 e. The van der Waals surface area contributed by atoms with Crippen molar-refractivity contribution in [3.8, 4) is 5.75 Å². The van der Waals surface area contributed by atoms with Gasteiger partial charge in [0.15, 0.2) is 0 Å². The molecule has 1 heteroatoms. The molecule has 1 aliphatic carbocycles. The second-order valence-electron chi connectivity index (χ2n) is 7.66. The Morgan fingerprint density at radius 1 is 1.00 bits per heavy atom. The lowest BCUT2D eigenvalue weighted by Gasteiger charge is -2.27. The van der Waals surface area contributed by atoms with E-state index in [2.05, 4.69) is 68.1 Å². The average Bonchev–Trinajstić information content (AvgIpc) is 2.73. The minimum atomic E-state index is 0.697. The molecule has 0 aromatic heterocycles. The Kier molecular flexibility index (Phi) is 6.92. The Morgan fingerprint density at radius 3 is 2.33 bits per heavy atom. The number of allylic oxidation sites excluding steroid dienone is 1. The topological polar surface area (TPSA) is 9.23 Å². The van der Waals surface area contributed by atoms with E-state index >= 15 is 0 Å². The molecule has 0 aliphatic heterocycles. The predicted octanol–water partition coefficient (Wildman–Crippen LogP) is 7.28. The highest BCUT2D eigenvalue weighted by Crippen LogP contribution is 2.38. The van der Waals surface area contributed by atoms with Crippen LogP contribution in [-0.4, -0.2) is 7.11 Å². The minimum Gasteiger partial charge on any atom is -0.496 e. The molecule has 3 rings (SSSR count). The fourth-order valence-electron chi connectivity index (χ4n) is 4.15. The first kappa shape index (κ1) is 19.5. The Labute approximate surface area is 164 Å². The van der Waals surface area contributed by atoms with Crippen molar-refractivity contribution in [3.63, 3.8) is 0 Å². The smallest absolute Gasteiger partial charge is 0.122 e. The summed E-state index contributed by atoms with van der Waals surface area (Å²) in [7, 11) is 1.77. The molecule has 0 saturated heterocycles. The molecule has 0 unspecified atom stereocenters. The van der Waals surface area contributed by atoms with Gasteiger partial charge in [-0.25, -0.2) is 0 Å². The zero-order chi connectivity index (χ0) is 19.1. The van der Waals surface area contributed by atoms with E-state index in [0.717, 1.165) is 18.6 Å². The van der Waals surface area contributed by atoms with Gasteiger partial charge in [-0.05, 0) is 72.3 Å². The first-order valence-corrected chi connectivity index (χ1v) is 10.3. The summed E-state index contributed by atoms with van der Waals surface area (Å²) in [5, 5.41) is 0. The first-order chi connectivity index (χ1) is 13.2. The molecule has 0 spiro atoms. The molecule has 0 N–H and O–H groups in total. The van der Waals surface area contributed by atoms with Gasteiger partial charge in [-0.2, -0.15) is 0 Å². The standard InChI is InChI=1S/C26H32O/c1-4-6-25-19-24(17-18-26(25)27-3)23-15-13-22(14-16-23)12-11-21-9-7-20(5-2)8-10-21/h5,7-12,17-19,22-23H,2,4,6,13-16H2,1,3H3. The Balaban J connectivity index is 1.59. The number of hydrogen-bond donors (Lipinski definition) is 0. The number of rotatable bonds is 7. The van der Waals surface area contributed by atoms with Crippen molar-refractivity contribution < 1.29 is 4.74 Å². The van der Waals surface area contributed by atoms with Gasteiger partial charge in [-0.1, -0.05) is 74.5 Å². The third-order valence-electron chi connectivity index (χ3n) is 5.80. The maximum Gasteiger partial charge on any atom is 0.122 e. The van der Waals surface area contributed by atoms with Crippen molar-refractivity contribution in [2.24, 2.45) is 5.92 Å². The van der Waals surface area contributed by atoms with E-state index in [-0.39, 0.29) is 0 Å². The molecular formula is C26H32O. The van der Waals surface area contributed by atoms with Crippen molar-refractivity contribution in [1.82, 2.24) is 0 Å². The van der Waals surface area contributed by atoms with E-state index in [0.29, 0.717) is 11.8 Å². The molecule has 2 aromatic carbocycles. The van der Waals surface area contributed by atoms with Crippen LogP contribution in [0.1, 0.15) is 67.2 Å². The van der Waals surface area contributed by atoms with Gasteiger partial charge in [0.25, 0.3) is 0 Å². The fraction of sp³-hybridized carbons (Fsp3) is 0.385. The Morgan fingerprint density at radius 2 is 1.70 bits per heavy atom. The Bertz CT molecular complexity index is 761. The summed E-state index contributed by atoms with van der Waals surface area (Å²) in [4.78, 5) is 0. The quantitative estimate of drug-likeness (QED) is 0.504. The second-order valence-corrected chi connectivity index (χ2v) is 7.66. The van der Waals surface area contributed by atoms with Crippen LogP contribution in [0.2, 0.25) is 0 Å². The highest BCUT2D eigenvalue weighted by Gasteiger charge is 2.21. The minimum absolute atomic E-state index is 0.697. The highest BCUT2D eigenvalue weighted by molar-refractivity contribution is 5.54. The van der Waals surface area contributed by atoms with Gasteiger partial charge in [-0.3, -0.25) is 0 Å². The van der Waals surface area contributed by atoms with Gasteiger partial charge < -0.3 is 4.74 Å². The van der Waals surface area contributed by atoms with Gasteiger partial charge in [0.05, 0.1) is 7.11 Å². The lowest BCUT2D eigenvalue weighted by Crippen LogP contribution is -2.12. The number of hydrogen-bond acceptors (Lipinski definition) is 1. The third kappa shape index (κ3) is 5.13. The van der Waals surface area contributed by atoms with Crippen LogP contribution < -0.4 is 4.74 Å². The van der Waals surface area contributed by atoms with Crippen LogP contribution in [0.25, 0.3) is 12.2 Å². The van der Waals surface area contributed by atoms with Crippen LogP contribution in [0.15, 0.2) is 55.1 Å². The number of ether oxygens (including phenoxy) is 1. The molecule has 2 aromatic rings. The van der Waals surface area contributed by atoms with E-state index in [9.17, 15) is 0 Å². The molecule has 1 aliphatic rings. The van der Waals surface area contributed by atoms with Gasteiger partial charge in [-0.15, -0.1) is 0 Å². The van der Waals surface area contributed by atoms with Gasteiger partial charge in [0.2, 0.25) is 0 Å². The summed E-state index contributed by atoms with van der Waals surface area (Å²) in [6.45, 7) is 6.04. The normalized spacial score (nSPS) is 19.9. The second kappa shape index (κ2) is 9.60.